The summed E-state index contributed by atoms with van der Waals surface area (Å²) in [5, 5.41) is 3.25. The Labute approximate surface area is 121 Å². The maximum Gasteiger partial charge on any atom is 0.220 e. The van der Waals surface area contributed by atoms with Gasteiger partial charge >= 0.3 is 0 Å². The molecule has 0 aliphatic carbocycles. The zero-order chi connectivity index (χ0) is 13.9. The molecule has 2 aliphatic heterocycles. The number of carbonyl (C=O) groups excluding carboxylic acids is 1. The van der Waals surface area contributed by atoms with Crippen molar-refractivity contribution in [3.8, 4) is 0 Å². The lowest BCUT2D eigenvalue weighted by atomic mass is 9.97. The summed E-state index contributed by atoms with van der Waals surface area (Å²) in [7, 11) is 2.23. The van der Waals surface area contributed by atoms with Gasteiger partial charge < -0.3 is 5.32 Å². The van der Waals surface area contributed by atoms with Gasteiger partial charge in [0.2, 0.25) is 5.91 Å². The van der Waals surface area contributed by atoms with Crippen molar-refractivity contribution in [2.45, 2.75) is 56.7 Å². The van der Waals surface area contributed by atoms with Crippen LogP contribution < -0.4 is 5.32 Å². The van der Waals surface area contributed by atoms with Gasteiger partial charge in [0.1, 0.15) is 0 Å². The standard InChI is InChI=1S/C17H24N2O/c1-19-14(11-13-7-3-2-4-8-13)12-15-16(19)9-5-6-10-17(20)18-15/h2-4,7-8,14-16H,5-6,9-12H2,1H3,(H,18,20)/t14-,15+,16-/m1/s1. The van der Waals surface area contributed by atoms with E-state index < -0.39 is 0 Å². The first kappa shape index (κ1) is 13.6. The van der Waals surface area contributed by atoms with Crippen LogP contribution in [-0.2, 0) is 11.2 Å². The molecule has 0 unspecified atom stereocenters. The molecular weight excluding hydrogens is 248 g/mol. The van der Waals surface area contributed by atoms with E-state index in [9.17, 15) is 4.79 Å². The van der Waals surface area contributed by atoms with Gasteiger partial charge in [-0.2, -0.15) is 0 Å². The topological polar surface area (TPSA) is 32.3 Å². The number of rotatable bonds is 2. The van der Waals surface area contributed by atoms with E-state index >= 15 is 0 Å². The number of amides is 1. The number of hydrogen-bond acceptors (Lipinski definition) is 2. The fraction of sp³-hybridized carbons (Fsp3) is 0.588. The van der Waals surface area contributed by atoms with E-state index in [1.165, 1.54) is 18.4 Å². The van der Waals surface area contributed by atoms with E-state index in [0.717, 1.165) is 19.3 Å². The summed E-state index contributed by atoms with van der Waals surface area (Å²) < 4.78 is 0. The van der Waals surface area contributed by atoms with Crippen molar-refractivity contribution in [1.82, 2.24) is 10.2 Å². The molecule has 2 heterocycles. The number of nitrogens with zero attached hydrogens (tertiary/aromatic N) is 1. The molecular formula is C17H24N2O. The molecule has 1 aromatic carbocycles. The molecule has 20 heavy (non-hydrogen) atoms. The third-order valence-electron chi connectivity index (χ3n) is 4.90. The zero-order valence-corrected chi connectivity index (χ0v) is 12.2. The van der Waals surface area contributed by atoms with Crippen LogP contribution in [0.1, 0.15) is 37.7 Å². The molecule has 2 fully saturated rings. The Hall–Kier alpha value is -1.35. The third kappa shape index (κ3) is 2.88. The van der Waals surface area contributed by atoms with Crippen LogP contribution >= 0.6 is 0 Å². The van der Waals surface area contributed by atoms with Crippen molar-refractivity contribution in [3.05, 3.63) is 35.9 Å². The fourth-order valence-corrected chi connectivity index (χ4v) is 3.76. The minimum Gasteiger partial charge on any atom is -0.352 e. The number of nitrogens with one attached hydrogen (secondary N) is 1. The summed E-state index contributed by atoms with van der Waals surface area (Å²) >= 11 is 0. The van der Waals surface area contributed by atoms with Gasteiger partial charge in [-0.25, -0.2) is 0 Å². The van der Waals surface area contributed by atoms with Crippen molar-refractivity contribution >= 4 is 5.91 Å². The highest BCUT2D eigenvalue weighted by atomic mass is 16.1. The van der Waals surface area contributed by atoms with Crippen molar-refractivity contribution < 1.29 is 4.79 Å². The van der Waals surface area contributed by atoms with Gasteiger partial charge in [-0.1, -0.05) is 36.8 Å². The van der Waals surface area contributed by atoms with E-state index in [1.807, 2.05) is 0 Å². The maximum atomic E-state index is 11.8. The summed E-state index contributed by atoms with van der Waals surface area (Å²) in [4.78, 5) is 14.3. The lowest BCUT2D eigenvalue weighted by Crippen LogP contribution is -2.45. The average molecular weight is 272 g/mol. The molecule has 108 valence electrons. The summed E-state index contributed by atoms with van der Waals surface area (Å²) in [6, 6.07) is 12.1. The Morgan fingerprint density at radius 2 is 2.05 bits per heavy atom. The van der Waals surface area contributed by atoms with Crippen LogP contribution in [0.3, 0.4) is 0 Å². The Morgan fingerprint density at radius 1 is 1.25 bits per heavy atom. The number of benzene rings is 1. The van der Waals surface area contributed by atoms with Gasteiger partial charge in [0, 0.05) is 24.5 Å². The third-order valence-corrected chi connectivity index (χ3v) is 4.90. The summed E-state index contributed by atoms with van der Waals surface area (Å²) in [6.07, 6.45) is 6.30. The second kappa shape index (κ2) is 5.96. The van der Waals surface area contributed by atoms with Crippen molar-refractivity contribution in [3.63, 3.8) is 0 Å². The molecule has 1 N–H and O–H groups in total. The van der Waals surface area contributed by atoms with Crippen molar-refractivity contribution in [1.29, 1.82) is 0 Å². The number of likely N-dealkylation sites (N-methyl/N-ethyl adjacent to an activating group) is 1. The first-order valence-electron chi connectivity index (χ1n) is 7.79. The van der Waals surface area contributed by atoms with Crippen LogP contribution in [0.25, 0.3) is 0 Å². The number of likely N-dealkylation sites (tertiary alicyclic amines) is 1. The largest absolute Gasteiger partial charge is 0.352 e. The fourth-order valence-electron chi connectivity index (χ4n) is 3.76. The van der Waals surface area contributed by atoms with Crippen LogP contribution in [0.4, 0.5) is 0 Å². The van der Waals surface area contributed by atoms with E-state index in [4.69, 9.17) is 0 Å². The second-order valence-corrected chi connectivity index (χ2v) is 6.23. The molecule has 2 saturated heterocycles. The van der Waals surface area contributed by atoms with E-state index in [-0.39, 0.29) is 5.91 Å². The summed E-state index contributed by atoms with van der Waals surface area (Å²) in [5.74, 6) is 0.244. The van der Waals surface area contributed by atoms with Gasteiger partial charge in [0.05, 0.1) is 0 Å². The molecule has 0 spiro atoms. The Bertz CT molecular complexity index is 459. The number of hydrogen-bond donors (Lipinski definition) is 1. The molecule has 3 heteroatoms. The van der Waals surface area contributed by atoms with Crippen LogP contribution in [0.2, 0.25) is 0 Å². The smallest absolute Gasteiger partial charge is 0.220 e. The molecule has 1 aromatic rings. The molecule has 3 nitrogen and oxygen atoms in total. The Balaban J connectivity index is 1.70. The van der Waals surface area contributed by atoms with Gasteiger partial charge in [0.25, 0.3) is 0 Å². The molecule has 3 atom stereocenters. The van der Waals surface area contributed by atoms with Crippen molar-refractivity contribution in [2.24, 2.45) is 0 Å². The van der Waals surface area contributed by atoms with Crippen LogP contribution in [-0.4, -0.2) is 36.0 Å². The minimum atomic E-state index is 0.244. The molecule has 0 bridgehead atoms. The minimum absolute atomic E-state index is 0.244. The Kier molecular flexibility index (Phi) is 4.06. The average Bonchev–Trinajstić information content (AvgIpc) is 2.70. The zero-order valence-electron chi connectivity index (χ0n) is 12.2. The molecule has 2 aliphatic rings. The summed E-state index contributed by atoms with van der Waals surface area (Å²) in [5.41, 5.74) is 1.39. The molecule has 1 amide bonds. The van der Waals surface area contributed by atoms with E-state index in [0.29, 0.717) is 24.5 Å². The highest BCUT2D eigenvalue weighted by Gasteiger charge is 2.39. The Morgan fingerprint density at radius 3 is 2.85 bits per heavy atom. The van der Waals surface area contributed by atoms with E-state index in [2.05, 4.69) is 47.6 Å². The molecule has 3 rings (SSSR count). The highest BCUT2D eigenvalue weighted by Crippen LogP contribution is 2.30. The van der Waals surface area contributed by atoms with Crippen LogP contribution in [0, 0.1) is 0 Å². The monoisotopic (exact) mass is 272 g/mol. The predicted molar refractivity (Wildman–Crippen MR) is 80.5 cm³/mol. The molecule has 0 radical (unpaired) electrons. The molecule has 0 aromatic heterocycles. The van der Waals surface area contributed by atoms with Crippen LogP contribution in [0.15, 0.2) is 30.3 Å². The first-order valence-corrected chi connectivity index (χ1v) is 7.79. The SMILES string of the molecule is CN1[C@H](Cc2ccccc2)C[C@@H]2NC(=O)CCCC[C@H]21. The lowest BCUT2D eigenvalue weighted by Gasteiger charge is -2.29. The van der Waals surface area contributed by atoms with Crippen molar-refractivity contribution in [2.75, 3.05) is 7.05 Å². The number of carbonyl (C=O) groups is 1. The highest BCUT2D eigenvalue weighted by molar-refractivity contribution is 5.76. The van der Waals surface area contributed by atoms with Gasteiger partial charge in [-0.05, 0) is 38.3 Å². The van der Waals surface area contributed by atoms with E-state index in [1.54, 1.807) is 0 Å². The van der Waals surface area contributed by atoms with Gasteiger partial charge in [-0.15, -0.1) is 0 Å². The van der Waals surface area contributed by atoms with Gasteiger partial charge in [0.15, 0.2) is 0 Å². The predicted octanol–water partition coefficient (Wildman–Crippen LogP) is 2.36. The quantitative estimate of drug-likeness (QED) is 0.896. The molecule has 0 saturated carbocycles. The maximum absolute atomic E-state index is 11.8. The van der Waals surface area contributed by atoms with Crippen LogP contribution in [0.5, 0.6) is 0 Å². The first-order chi connectivity index (χ1) is 9.74. The normalized spacial score (nSPS) is 31.2. The second-order valence-electron chi connectivity index (χ2n) is 6.23. The lowest BCUT2D eigenvalue weighted by molar-refractivity contribution is -0.122. The number of fused-ring (bicyclic) bond motifs is 1. The van der Waals surface area contributed by atoms with Gasteiger partial charge in [-0.3, -0.25) is 9.69 Å². The summed E-state index contributed by atoms with van der Waals surface area (Å²) in [6.45, 7) is 0.